The maximum absolute atomic E-state index is 5.91. The van der Waals surface area contributed by atoms with Crippen LogP contribution in [0.2, 0.25) is 0 Å². The van der Waals surface area contributed by atoms with E-state index >= 15 is 0 Å². The van der Waals surface area contributed by atoms with E-state index in [1.165, 1.54) is 0 Å². The second kappa shape index (κ2) is 3.28. The summed E-state index contributed by atoms with van der Waals surface area (Å²) in [5.41, 5.74) is -0.0489. The van der Waals surface area contributed by atoms with Crippen molar-refractivity contribution in [1.29, 1.82) is 0 Å². The van der Waals surface area contributed by atoms with E-state index in [4.69, 9.17) is 4.74 Å². The van der Waals surface area contributed by atoms with Crippen LogP contribution < -0.4 is 10.1 Å². The lowest BCUT2D eigenvalue weighted by molar-refractivity contribution is 0.0246. The van der Waals surface area contributed by atoms with E-state index in [1.807, 2.05) is 10.7 Å². The third-order valence-electron chi connectivity index (χ3n) is 2.47. The molecule has 0 saturated carbocycles. The van der Waals surface area contributed by atoms with Crippen molar-refractivity contribution in [3.63, 3.8) is 0 Å². The molecule has 1 saturated heterocycles. The number of hydrogen-bond acceptors (Lipinski definition) is 3. The average molecular weight is 195 g/mol. The second-order valence-corrected chi connectivity index (χ2v) is 4.36. The summed E-state index contributed by atoms with van der Waals surface area (Å²) in [6.07, 6.45) is 1.78. The Hall–Kier alpha value is -1.03. The Bertz CT molecular complexity index is 315. The predicted molar refractivity (Wildman–Crippen MR) is 54.5 cm³/mol. The lowest BCUT2D eigenvalue weighted by Crippen LogP contribution is -2.61. The van der Waals surface area contributed by atoms with E-state index in [9.17, 15) is 0 Å². The van der Waals surface area contributed by atoms with E-state index in [-0.39, 0.29) is 5.60 Å². The van der Waals surface area contributed by atoms with Crippen molar-refractivity contribution in [2.24, 2.45) is 0 Å². The normalized spacial score (nSPS) is 19.4. The van der Waals surface area contributed by atoms with Gasteiger partial charge in [0.15, 0.2) is 0 Å². The van der Waals surface area contributed by atoms with Gasteiger partial charge in [0.2, 0.25) is 5.88 Å². The van der Waals surface area contributed by atoms with Crippen LogP contribution in [0.15, 0.2) is 12.3 Å². The zero-order chi connectivity index (χ0) is 10.2. The molecule has 1 N–H and O–H groups in total. The molecule has 14 heavy (non-hydrogen) atoms. The SMILES string of the molecule is CC(C)n1nccc1OC1(C)CNC1. The molecule has 1 aromatic rings. The fourth-order valence-corrected chi connectivity index (χ4v) is 1.57. The van der Waals surface area contributed by atoms with Gasteiger partial charge in [-0.15, -0.1) is 0 Å². The van der Waals surface area contributed by atoms with E-state index in [0.29, 0.717) is 6.04 Å². The van der Waals surface area contributed by atoms with Gasteiger partial charge in [0, 0.05) is 19.2 Å². The molecule has 0 bridgehead atoms. The molecule has 1 aliphatic heterocycles. The fraction of sp³-hybridized carbons (Fsp3) is 0.700. The third-order valence-corrected chi connectivity index (χ3v) is 2.47. The van der Waals surface area contributed by atoms with Gasteiger partial charge < -0.3 is 10.1 Å². The number of aromatic nitrogens is 2. The van der Waals surface area contributed by atoms with E-state index in [0.717, 1.165) is 19.0 Å². The molecule has 1 aliphatic rings. The van der Waals surface area contributed by atoms with Crippen LogP contribution in [0.1, 0.15) is 26.8 Å². The second-order valence-electron chi connectivity index (χ2n) is 4.36. The first-order valence-electron chi connectivity index (χ1n) is 5.04. The maximum Gasteiger partial charge on any atom is 0.212 e. The monoisotopic (exact) mass is 195 g/mol. The van der Waals surface area contributed by atoms with Gasteiger partial charge in [0.1, 0.15) is 5.60 Å². The highest BCUT2D eigenvalue weighted by molar-refractivity contribution is 5.12. The van der Waals surface area contributed by atoms with Crippen molar-refractivity contribution >= 4 is 0 Å². The standard InChI is InChI=1S/C10H17N3O/c1-8(2)13-9(4-5-12-13)14-10(3)6-11-7-10/h4-5,8,11H,6-7H2,1-3H3. The Balaban J connectivity index is 2.12. The average Bonchev–Trinajstić information content (AvgIpc) is 2.49. The molecule has 0 spiro atoms. The summed E-state index contributed by atoms with van der Waals surface area (Å²) >= 11 is 0. The highest BCUT2D eigenvalue weighted by Gasteiger charge is 2.34. The smallest absolute Gasteiger partial charge is 0.212 e. The molecule has 0 radical (unpaired) electrons. The number of nitrogens with zero attached hydrogens (tertiary/aromatic N) is 2. The first kappa shape index (κ1) is 9.52. The zero-order valence-corrected chi connectivity index (χ0v) is 8.95. The molecular formula is C10H17N3O. The summed E-state index contributed by atoms with van der Waals surface area (Å²) in [5.74, 6) is 0.865. The summed E-state index contributed by atoms with van der Waals surface area (Å²) < 4.78 is 7.81. The minimum Gasteiger partial charge on any atom is -0.469 e. The van der Waals surface area contributed by atoms with Gasteiger partial charge in [-0.2, -0.15) is 5.10 Å². The minimum atomic E-state index is -0.0489. The van der Waals surface area contributed by atoms with Gasteiger partial charge in [-0.05, 0) is 20.8 Å². The summed E-state index contributed by atoms with van der Waals surface area (Å²) in [7, 11) is 0. The molecule has 0 unspecified atom stereocenters. The van der Waals surface area contributed by atoms with Gasteiger partial charge >= 0.3 is 0 Å². The summed E-state index contributed by atoms with van der Waals surface area (Å²) in [6, 6.07) is 2.26. The van der Waals surface area contributed by atoms with Gasteiger partial charge in [-0.25, -0.2) is 4.68 Å². The summed E-state index contributed by atoms with van der Waals surface area (Å²) in [4.78, 5) is 0. The highest BCUT2D eigenvalue weighted by Crippen LogP contribution is 2.23. The van der Waals surface area contributed by atoms with Crippen LogP contribution in [0.25, 0.3) is 0 Å². The molecule has 2 rings (SSSR count). The van der Waals surface area contributed by atoms with E-state index < -0.39 is 0 Å². The van der Waals surface area contributed by atoms with Crippen molar-refractivity contribution < 1.29 is 4.74 Å². The molecule has 2 heterocycles. The van der Waals surface area contributed by atoms with Gasteiger partial charge in [0.25, 0.3) is 0 Å². The van der Waals surface area contributed by atoms with Gasteiger partial charge in [-0.1, -0.05) is 0 Å². The molecular weight excluding hydrogens is 178 g/mol. The number of nitrogens with one attached hydrogen (secondary N) is 1. The zero-order valence-electron chi connectivity index (χ0n) is 8.95. The van der Waals surface area contributed by atoms with Crippen LogP contribution in [0.5, 0.6) is 5.88 Å². The first-order valence-corrected chi connectivity index (χ1v) is 5.04. The molecule has 4 nitrogen and oxygen atoms in total. The van der Waals surface area contributed by atoms with Crippen LogP contribution >= 0.6 is 0 Å². The molecule has 4 heteroatoms. The Labute approximate surface area is 84.3 Å². The number of hydrogen-bond donors (Lipinski definition) is 1. The Morgan fingerprint density at radius 1 is 1.57 bits per heavy atom. The minimum absolute atomic E-state index is 0.0489. The van der Waals surface area contributed by atoms with Gasteiger partial charge in [-0.3, -0.25) is 0 Å². The van der Waals surface area contributed by atoms with E-state index in [2.05, 4.69) is 31.2 Å². The number of rotatable bonds is 3. The summed E-state index contributed by atoms with van der Waals surface area (Å²) in [6.45, 7) is 8.14. The predicted octanol–water partition coefficient (Wildman–Crippen LogP) is 1.20. The Morgan fingerprint density at radius 3 is 2.79 bits per heavy atom. The largest absolute Gasteiger partial charge is 0.469 e. The lowest BCUT2D eigenvalue weighted by atomic mass is 10.0. The molecule has 1 fully saturated rings. The van der Waals surface area contributed by atoms with Gasteiger partial charge in [0.05, 0.1) is 12.2 Å². The van der Waals surface area contributed by atoms with Crippen LogP contribution in [0.4, 0.5) is 0 Å². The first-order chi connectivity index (χ1) is 6.61. The van der Waals surface area contributed by atoms with Crippen molar-refractivity contribution in [3.8, 4) is 5.88 Å². The van der Waals surface area contributed by atoms with Crippen LogP contribution in [0, 0.1) is 0 Å². The van der Waals surface area contributed by atoms with Crippen molar-refractivity contribution in [2.75, 3.05) is 13.1 Å². The fourth-order valence-electron chi connectivity index (χ4n) is 1.57. The molecule has 78 valence electrons. The third kappa shape index (κ3) is 1.62. The molecule has 0 amide bonds. The number of ether oxygens (including phenoxy) is 1. The van der Waals surface area contributed by atoms with Crippen molar-refractivity contribution in [3.05, 3.63) is 12.3 Å². The highest BCUT2D eigenvalue weighted by atomic mass is 16.5. The quantitative estimate of drug-likeness (QED) is 0.787. The van der Waals surface area contributed by atoms with Crippen molar-refractivity contribution in [1.82, 2.24) is 15.1 Å². The van der Waals surface area contributed by atoms with Crippen LogP contribution in [-0.2, 0) is 0 Å². The lowest BCUT2D eigenvalue weighted by Gasteiger charge is -2.39. The molecule has 0 aliphatic carbocycles. The maximum atomic E-state index is 5.91. The van der Waals surface area contributed by atoms with Crippen LogP contribution in [0.3, 0.4) is 0 Å². The van der Waals surface area contributed by atoms with E-state index in [1.54, 1.807) is 6.20 Å². The van der Waals surface area contributed by atoms with Crippen LogP contribution in [-0.4, -0.2) is 28.5 Å². The van der Waals surface area contributed by atoms with Crippen molar-refractivity contribution in [2.45, 2.75) is 32.4 Å². The Morgan fingerprint density at radius 2 is 2.29 bits per heavy atom. The topological polar surface area (TPSA) is 39.1 Å². The Kier molecular flexibility index (Phi) is 2.23. The molecule has 0 aromatic carbocycles. The molecule has 1 aromatic heterocycles. The summed E-state index contributed by atoms with van der Waals surface area (Å²) in [5, 5.41) is 7.44. The molecule has 0 atom stereocenters.